The Labute approximate surface area is 155 Å². The van der Waals surface area contributed by atoms with Crippen molar-refractivity contribution in [3.63, 3.8) is 0 Å². The number of halogens is 3. The molecule has 1 N–H and O–H groups in total. The summed E-state index contributed by atoms with van der Waals surface area (Å²) in [5, 5.41) is 2.92. The highest BCUT2D eigenvalue weighted by atomic mass is 19.4. The fraction of sp³-hybridized carbons (Fsp3) is 0.200. The molecule has 0 amide bonds. The Bertz CT molecular complexity index is 882. The van der Waals surface area contributed by atoms with Crippen molar-refractivity contribution in [2.24, 2.45) is 0 Å². The molecule has 0 radical (unpaired) electrons. The molecule has 0 unspecified atom stereocenters. The highest BCUT2D eigenvalue weighted by Gasteiger charge is 2.30. The minimum Gasteiger partial charge on any atom is -0.340 e. The minimum absolute atomic E-state index is 0.320. The van der Waals surface area contributed by atoms with Gasteiger partial charge in [0, 0.05) is 25.0 Å². The fourth-order valence-corrected chi connectivity index (χ4v) is 2.62. The molecule has 0 aliphatic carbocycles. The summed E-state index contributed by atoms with van der Waals surface area (Å²) in [6, 6.07) is 16.6. The van der Waals surface area contributed by atoms with E-state index in [4.69, 9.17) is 0 Å². The van der Waals surface area contributed by atoms with Crippen LogP contribution < -0.4 is 10.2 Å². The third-order valence-electron chi connectivity index (χ3n) is 3.99. The first-order valence-electron chi connectivity index (χ1n) is 8.52. The molecule has 0 spiro atoms. The van der Waals surface area contributed by atoms with Crippen molar-refractivity contribution in [2.45, 2.75) is 19.6 Å². The smallest absolute Gasteiger partial charge is 0.340 e. The predicted molar refractivity (Wildman–Crippen MR) is 99.9 cm³/mol. The van der Waals surface area contributed by atoms with Gasteiger partial charge in [-0.2, -0.15) is 18.2 Å². The van der Waals surface area contributed by atoms with Crippen molar-refractivity contribution < 1.29 is 13.2 Å². The van der Waals surface area contributed by atoms with Crippen molar-refractivity contribution in [3.05, 3.63) is 78.0 Å². The average molecular weight is 372 g/mol. The number of aromatic nitrogens is 2. The first-order chi connectivity index (χ1) is 13.0. The number of nitrogens with zero attached hydrogens (tertiary/aromatic N) is 3. The molecule has 3 aromatic rings. The molecule has 4 nitrogen and oxygen atoms in total. The Morgan fingerprint density at radius 2 is 1.78 bits per heavy atom. The number of hydrogen-bond donors (Lipinski definition) is 1. The molecule has 0 aliphatic heterocycles. The molecule has 0 saturated carbocycles. The van der Waals surface area contributed by atoms with Gasteiger partial charge in [-0.1, -0.05) is 36.4 Å². The molecule has 0 aliphatic rings. The molecule has 0 fully saturated rings. The van der Waals surface area contributed by atoms with Crippen LogP contribution in [0.1, 0.15) is 18.1 Å². The van der Waals surface area contributed by atoms with Gasteiger partial charge >= 0.3 is 6.18 Å². The molecule has 2 aromatic carbocycles. The number of alkyl halides is 3. The second kappa shape index (κ2) is 8.07. The zero-order valence-corrected chi connectivity index (χ0v) is 14.7. The zero-order valence-electron chi connectivity index (χ0n) is 14.7. The normalized spacial score (nSPS) is 11.3. The summed E-state index contributed by atoms with van der Waals surface area (Å²) in [5.74, 6) is 0.948. The number of hydrogen-bond acceptors (Lipinski definition) is 4. The molecule has 7 heteroatoms. The molecule has 140 valence electrons. The summed E-state index contributed by atoms with van der Waals surface area (Å²) in [7, 11) is 0. The van der Waals surface area contributed by atoms with E-state index < -0.39 is 11.7 Å². The van der Waals surface area contributed by atoms with Crippen LogP contribution in [0.4, 0.5) is 30.6 Å². The number of nitrogens with one attached hydrogen (secondary N) is 1. The van der Waals surface area contributed by atoms with Gasteiger partial charge in [-0.15, -0.1) is 0 Å². The molecule has 1 aromatic heterocycles. The van der Waals surface area contributed by atoms with E-state index in [1.807, 2.05) is 42.2 Å². The van der Waals surface area contributed by atoms with Gasteiger partial charge < -0.3 is 10.2 Å². The lowest BCUT2D eigenvalue weighted by atomic mass is 10.2. The van der Waals surface area contributed by atoms with Crippen LogP contribution in [-0.4, -0.2) is 16.5 Å². The van der Waals surface area contributed by atoms with Gasteiger partial charge in [0.2, 0.25) is 5.95 Å². The SMILES string of the molecule is CCN(Cc1ccccc1)c1nccc(Nc2cccc(C(F)(F)F)c2)n1. The van der Waals surface area contributed by atoms with E-state index in [9.17, 15) is 13.2 Å². The van der Waals surface area contributed by atoms with Crippen LogP contribution in [0.15, 0.2) is 66.9 Å². The maximum Gasteiger partial charge on any atom is 0.416 e. The first-order valence-corrected chi connectivity index (χ1v) is 8.52. The van der Waals surface area contributed by atoms with E-state index in [1.54, 1.807) is 18.3 Å². The third-order valence-corrected chi connectivity index (χ3v) is 3.99. The summed E-state index contributed by atoms with van der Waals surface area (Å²) in [6.45, 7) is 3.34. The minimum atomic E-state index is -4.39. The molecule has 1 heterocycles. The maximum absolute atomic E-state index is 12.9. The first kappa shape index (κ1) is 18.7. The van der Waals surface area contributed by atoms with Crippen molar-refractivity contribution in [3.8, 4) is 0 Å². The van der Waals surface area contributed by atoms with Crippen LogP contribution >= 0.6 is 0 Å². The Kier molecular flexibility index (Phi) is 5.59. The summed E-state index contributed by atoms with van der Waals surface area (Å²) in [4.78, 5) is 10.7. The number of benzene rings is 2. The van der Waals surface area contributed by atoms with Crippen LogP contribution in [0.3, 0.4) is 0 Å². The van der Waals surface area contributed by atoms with Gasteiger partial charge in [-0.05, 0) is 36.8 Å². The van der Waals surface area contributed by atoms with Crippen LogP contribution in [0.25, 0.3) is 0 Å². The van der Waals surface area contributed by atoms with Crippen molar-refractivity contribution in [1.29, 1.82) is 0 Å². The summed E-state index contributed by atoms with van der Waals surface area (Å²) < 4.78 is 38.6. The molecule has 0 saturated heterocycles. The predicted octanol–water partition coefficient (Wildman–Crippen LogP) is 5.27. The molecule has 27 heavy (non-hydrogen) atoms. The Morgan fingerprint density at radius 1 is 1.00 bits per heavy atom. The molecule has 3 rings (SSSR count). The fourth-order valence-electron chi connectivity index (χ4n) is 2.62. The topological polar surface area (TPSA) is 41.1 Å². The Hall–Kier alpha value is -3.09. The third kappa shape index (κ3) is 4.97. The Balaban J connectivity index is 1.79. The van der Waals surface area contributed by atoms with Crippen LogP contribution in [0.2, 0.25) is 0 Å². The second-order valence-electron chi connectivity index (χ2n) is 5.95. The van der Waals surface area contributed by atoms with Crippen molar-refractivity contribution in [2.75, 3.05) is 16.8 Å². The van der Waals surface area contributed by atoms with Gasteiger partial charge in [0.15, 0.2) is 0 Å². The standard InChI is InChI=1S/C20H19F3N4/c1-2-27(14-15-7-4-3-5-8-15)19-24-12-11-18(26-19)25-17-10-6-9-16(13-17)20(21,22)23/h3-13H,2,14H2,1H3,(H,24,25,26). The van der Waals surface area contributed by atoms with E-state index in [2.05, 4.69) is 15.3 Å². The van der Waals surface area contributed by atoms with Crippen LogP contribution in [0.5, 0.6) is 0 Å². The highest BCUT2D eigenvalue weighted by Crippen LogP contribution is 2.31. The summed E-state index contributed by atoms with van der Waals surface area (Å²) >= 11 is 0. The number of rotatable bonds is 6. The Morgan fingerprint density at radius 3 is 2.48 bits per heavy atom. The zero-order chi connectivity index (χ0) is 19.3. The lowest BCUT2D eigenvalue weighted by Crippen LogP contribution is -2.24. The quantitative estimate of drug-likeness (QED) is 0.640. The second-order valence-corrected chi connectivity index (χ2v) is 5.95. The van der Waals surface area contributed by atoms with Gasteiger partial charge in [0.25, 0.3) is 0 Å². The molecular formula is C20H19F3N4. The lowest BCUT2D eigenvalue weighted by molar-refractivity contribution is -0.137. The number of anilines is 3. The van der Waals surface area contributed by atoms with Crippen molar-refractivity contribution in [1.82, 2.24) is 9.97 Å². The van der Waals surface area contributed by atoms with Gasteiger partial charge in [0.1, 0.15) is 5.82 Å². The largest absolute Gasteiger partial charge is 0.416 e. The van der Waals surface area contributed by atoms with Crippen LogP contribution in [0, 0.1) is 0 Å². The maximum atomic E-state index is 12.9. The van der Waals surface area contributed by atoms with Gasteiger partial charge in [-0.3, -0.25) is 0 Å². The molecule has 0 bridgehead atoms. The van der Waals surface area contributed by atoms with E-state index in [1.165, 1.54) is 6.07 Å². The van der Waals surface area contributed by atoms with Gasteiger partial charge in [-0.25, -0.2) is 4.98 Å². The van der Waals surface area contributed by atoms with E-state index >= 15 is 0 Å². The molecular weight excluding hydrogens is 353 g/mol. The lowest BCUT2D eigenvalue weighted by Gasteiger charge is -2.21. The van der Waals surface area contributed by atoms with E-state index in [0.29, 0.717) is 30.5 Å². The van der Waals surface area contributed by atoms with E-state index in [0.717, 1.165) is 17.7 Å². The molecule has 0 atom stereocenters. The monoisotopic (exact) mass is 372 g/mol. The van der Waals surface area contributed by atoms with Crippen LogP contribution in [-0.2, 0) is 12.7 Å². The van der Waals surface area contributed by atoms with Gasteiger partial charge in [0.05, 0.1) is 5.56 Å². The van der Waals surface area contributed by atoms with Crippen molar-refractivity contribution >= 4 is 17.5 Å². The average Bonchev–Trinajstić information content (AvgIpc) is 2.67. The summed E-state index contributed by atoms with van der Waals surface area (Å²) in [6.07, 6.45) is -2.80. The highest BCUT2D eigenvalue weighted by molar-refractivity contribution is 5.58. The van der Waals surface area contributed by atoms with E-state index in [-0.39, 0.29) is 0 Å². The summed E-state index contributed by atoms with van der Waals surface area (Å²) in [5.41, 5.74) is 0.737.